The van der Waals surface area contributed by atoms with E-state index in [2.05, 4.69) is 46.5 Å². The van der Waals surface area contributed by atoms with Gasteiger partial charge in [-0.25, -0.2) is 4.98 Å². The molecule has 2 aromatic heterocycles. The number of thioether (sulfide) groups is 1. The lowest BCUT2D eigenvalue weighted by Crippen LogP contribution is -2.13. The predicted octanol–water partition coefficient (Wildman–Crippen LogP) is 5.86. The minimum absolute atomic E-state index is 0.140. The van der Waals surface area contributed by atoms with Crippen molar-refractivity contribution in [2.45, 2.75) is 19.1 Å². The molecule has 4 rings (SSSR count). The van der Waals surface area contributed by atoms with Crippen LogP contribution in [0, 0.1) is 13.8 Å². The van der Waals surface area contributed by atoms with Crippen molar-refractivity contribution in [2.75, 3.05) is 11.1 Å². The van der Waals surface area contributed by atoms with Gasteiger partial charge in [-0.1, -0.05) is 35.5 Å². The van der Waals surface area contributed by atoms with Crippen LogP contribution in [0.2, 0.25) is 5.02 Å². The maximum absolute atomic E-state index is 12.3. The zero-order chi connectivity index (χ0) is 21.1. The third-order valence-electron chi connectivity index (χ3n) is 4.38. The van der Waals surface area contributed by atoms with Gasteiger partial charge in [0, 0.05) is 21.5 Å². The summed E-state index contributed by atoms with van der Waals surface area (Å²) in [6, 6.07) is 13.3. The summed E-state index contributed by atoms with van der Waals surface area (Å²) in [5.74, 6) is 0.334. The number of hydrogen-bond donors (Lipinski definition) is 1. The van der Waals surface area contributed by atoms with E-state index in [1.165, 1.54) is 34.2 Å². The van der Waals surface area contributed by atoms with E-state index in [1.807, 2.05) is 11.4 Å². The van der Waals surface area contributed by atoms with Gasteiger partial charge in [-0.3, -0.25) is 4.79 Å². The number of aryl methyl sites for hydroxylation is 2. The lowest BCUT2D eigenvalue weighted by Gasteiger charge is -2.02. The Kier molecular flexibility index (Phi) is 6.17. The molecule has 0 spiro atoms. The first-order chi connectivity index (χ1) is 14.5. The lowest BCUT2D eigenvalue weighted by molar-refractivity contribution is -0.113. The van der Waals surface area contributed by atoms with Crippen molar-refractivity contribution in [1.82, 2.24) is 15.2 Å². The van der Waals surface area contributed by atoms with Gasteiger partial charge in [-0.15, -0.1) is 21.5 Å². The summed E-state index contributed by atoms with van der Waals surface area (Å²) >= 11 is 8.45. The number of carbonyl (C=O) groups is 1. The molecule has 9 heteroatoms. The number of carbonyl (C=O) groups excluding carboxylic acids is 1. The highest BCUT2D eigenvalue weighted by molar-refractivity contribution is 7.99. The van der Waals surface area contributed by atoms with Crippen molar-refractivity contribution >= 4 is 45.7 Å². The molecule has 0 aliphatic rings. The number of aromatic nitrogens is 3. The second kappa shape index (κ2) is 8.99. The molecule has 0 aliphatic heterocycles. The molecule has 0 saturated carbocycles. The maximum atomic E-state index is 12.3. The fraction of sp³-hybridized carbons (Fsp3) is 0.143. The third-order valence-corrected chi connectivity index (χ3v) is 6.21. The molecular formula is C21H17ClN4O2S2. The van der Waals surface area contributed by atoms with Crippen LogP contribution in [0.1, 0.15) is 11.1 Å². The molecule has 1 amide bonds. The summed E-state index contributed by atoms with van der Waals surface area (Å²) in [5, 5.41) is 14.2. The van der Waals surface area contributed by atoms with Crippen molar-refractivity contribution in [2.24, 2.45) is 0 Å². The van der Waals surface area contributed by atoms with Crippen LogP contribution in [-0.4, -0.2) is 26.8 Å². The fourth-order valence-corrected chi connectivity index (χ4v) is 4.05. The molecule has 6 nitrogen and oxygen atoms in total. The van der Waals surface area contributed by atoms with E-state index in [1.54, 1.807) is 24.3 Å². The molecule has 152 valence electrons. The van der Waals surface area contributed by atoms with Crippen LogP contribution in [0.25, 0.3) is 22.7 Å². The lowest BCUT2D eigenvalue weighted by atomic mass is 10.1. The Morgan fingerprint density at radius 1 is 1.10 bits per heavy atom. The Labute approximate surface area is 186 Å². The molecule has 0 atom stereocenters. The Morgan fingerprint density at radius 3 is 2.63 bits per heavy atom. The summed E-state index contributed by atoms with van der Waals surface area (Å²) in [4.78, 5) is 16.8. The number of anilines is 1. The summed E-state index contributed by atoms with van der Waals surface area (Å²) in [6.45, 7) is 4.15. The van der Waals surface area contributed by atoms with Crippen molar-refractivity contribution in [1.29, 1.82) is 0 Å². The fourth-order valence-electron chi connectivity index (χ4n) is 2.62. The number of benzene rings is 2. The van der Waals surface area contributed by atoms with Gasteiger partial charge >= 0.3 is 0 Å². The van der Waals surface area contributed by atoms with Gasteiger partial charge in [-0.05, 0) is 55.3 Å². The molecule has 2 heterocycles. The quantitative estimate of drug-likeness (QED) is 0.366. The third kappa shape index (κ3) is 4.89. The van der Waals surface area contributed by atoms with Gasteiger partial charge < -0.3 is 9.73 Å². The smallest absolute Gasteiger partial charge is 0.277 e. The average molecular weight is 457 g/mol. The monoisotopic (exact) mass is 456 g/mol. The van der Waals surface area contributed by atoms with Crippen LogP contribution in [0.4, 0.5) is 5.13 Å². The van der Waals surface area contributed by atoms with Crippen LogP contribution in [0.5, 0.6) is 0 Å². The van der Waals surface area contributed by atoms with Crippen molar-refractivity contribution < 1.29 is 9.21 Å². The highest BCUT2D eigenvalue weighted by Crippen LogP contribution is 2.27. The topological polar surface area (TPSA) is 80.9 Å². The number of nitrogens with zero attached hydrogens (tertiary/aromatic N) is 3. The van der Waals surface area contributed by atoms with Crippen LogP contribution < -0.4 is 5.32 Å². The van der Waals surface area contributed by atoms with Crippen LogP contribution in [0.3, 0.4) is 0 Å². The Morgan fingerprint density at radius 2 is 1.87 bits per heavy atom. The van der Waals surface area contributed by atoms with Crippen molar-refractivity contribution in [3.63, 3.8) is 0 Å². The summed E-state index contributed by atoms with van der Waals surface area (Å²) in [7, 11) is 0. The Hall–Kier alpha value is -2.68. The van der Waals surface area contributed by atoms with Crippen LogP contribution in [-0.2, 0) is 4.79 Å². The Balaban J connectivity index is 1.34. The second-order valence-electron chi connectivity index (χ2n) is 6.55. The van der Waals surface area contributed by atoms with Crippen molar-refractivity contribution in [3.05, 3.63) is 64.0 Å². The highest BCUT2D eigenvalue weighted by Gasteiger charge is 2.13. The number of amides is 1. The Bertz CT molecular complexity index is 1190. The normalized spacial score (nSPS) is 10.9. The van der Waals surface area contributed by atoms with Gasteiger partial charge in [0.2, 0.25) is 11.8 Å². The summed E-state index contributed by atoms with van der Waals surface area (Å²) in [6.07, 6.45) is 0. The SMILES string of the molecule is Cc1ccc(-c2csc(NC(=O)CSc3nnc(-c4ccc(Cl)cc4)o3)n2)cc1C. The second-order valence-corrected chi connectivity index (χ2v) is 8.77. The maximum Gasteiger partial charge on any atom is 0.277 e. The van der Waals surface area contributed by atoms with E-state index in [0.717, 1.165) is 16.8 Å². The first-order valence-corrected chi connectivity index (χ1v) is 11.3. The molecule has 30 heavy (non-hydrogen) atoms. The standard InChI is InChI=1S/C21H17ClN4O2S2/c1-12-3-4-15(9-13(12)2)17-10-29-20(23-17)24-18(27)11-30-21-26-25-19(28-21)14-5-7-16(22)8-6-14/h3-10H,11H2,1-2H3,(H,23,24,27). The number of nitrogens with one attached hydrogen (secondary N) is 1. The average Bonchev–Trinajstić information content (AvgIpc) is 3.39. The number of hydrogen-bond acceptors (Lipinski definition) is 7. The van der Waals surface area contributed by atoms with Gasteiger partial charge in [0.25, 0.3) is 5.22 Å². The molecular weight excluding hydrogens is 440 g/mol. The summed E-state index contributed by atoms with van der Waals surface area (Å²) < 4.78 is 5.60. The van der Waals surface area contributed by atoms with E-state index >= 15 is 0 Å². The van der Waals surface area contributed by atoms with E-state index in [0.29, 0.717) is 21.3 Å². The van der Waals surface area contributed by atoms with Gasteiger partial charge in [-0.2, -0.15) is 0 Å². The van der Waals surface area contributed by atoms with E-state index in [9.17, 15) is 4.79 Å². The van der Waals surface area contributed by atoms with Gasteiger partial charge in [0.1, 0.15) is 0 Å². The minimum atomic E-state index is -0.188. The number of rotatable bonds is 6. The van der Waals surface area contributed by atoms with E-state index in [4.69, 9.17) is 16.0 Å². The van der Waals surface area contributed by atoms with Gasteiger partial charge in [0.05, 0.1) is 11.4 Å². The van der Waals surface area contributed by atoms with Gasteiger partial charge in [0.15, 0.2) is 5.13 Å². The molecule has 0 radical (unpaired) electrons. The highest BCUT2D eigenvalue weighted by atomic mass is 35.5. The minimum Gasteiger partial charge on any atom is -0.411 e. The molecule has 4 aromatic rings. The van der Waals surface area contributed by atoms with Crippen molar-refractivity contribution in [3.8, 4) is 22.7 Å². The number of thiazole rings is 1. The molecule has 1 N–H and O–H groups in total. The first kappa shape index (κ1) is 20.6. The van der Waals surface area contributed by atoms with E-state index < -0.39 is 0 Å². The van der Waals surface area contributed by atoms with Crippen LogP contribution in [0.15, 0.2) is 57.5 Å². The number of halogens is 1. The molecule has 2 aromatic carbocycles. The largest absolute Gasteiger partial charge is 0.411 e. The molecule has 0 bridgehead atoms. The summed E-state index contributed by atoms with van der Waals surface area (Å²) in [5.41, 5.74) is 5.09. The van der Waals surface area contributed by atoms with E-state index in [-0.39, 0.29) is 11.7 Å². The van der Waals surface area contributed by atoms with Crippen LogP contribution >= 0.6 is 34.7 Å². The predicted molar refractivity (Wildman–Crippen MR) is 121 cm³/mol. The zero-order valence-electron chi connectivity index (χ0n) is 16.2. The molecule has 0 fully saturated rings. The molecule has 0 saturated heterocycles. The first-order valence-electron chi connectivity index (χ1n) is 9.03. The molecule has 0 aliphatic carbocycles. The molecule has 0 unspecified atom stereocenters. The zero-order valence-corrected chi connectivity index (χ0v) is 18.6.